The second-order valence-corrected chi connectivity index (χ2v) is 5.35. The zero-order chi connectivity index (χ0) is 15.2. The number of hydrogen-bond donors (Lipinski definition) is 1. The van der Waals surface area contributed by atoms with E-state index in [4.69, 9.17) is 9.47 Å². The average molecular weight is 292 g/mol. The van der Waals surface area contributed by atoms with E-state index >= 15 is 0 Å². The fraction of sp³-hybridized carbons (Fsp3) is 0.562. The van der Waals surface area contributed by atoms with E-state index in [0.717, 1.165) is 31.4 Å². The summed E-state index contributed by atoms with van der Waals surface area (Å²) in [6.45, 7) is 1.43. The first-order chi connectivity index (χ1) is 10.2. The van der Waals surface area contributed by atoms with E-state index < -0.39 is 0 Å². The minimum atomic E-state index is -0.0552. The van der Waals surface area contributed by atoms with Crippen LogP contribution in [-0.2, 0) is 11.3 Å². The fourth-order valence-electron chi connectivity index (χ4n) is 2.74. The molecule has 0 spiro atoms. The van der Waals surface area contributed by atoms with Crippen LogP contribution in [0.5, 0.6) is 11.5 Å². The van der Waals surface area contributed by atoms with Crippen LogP contribution in [-0.4, -0.2) is 44.7 Å². The van der Waals surface area contributed by atoms with Crippen LogP contribution in [0.1, 0.15) is 24.8 Å². The van der Waals surface area contributed by atoms with Gasteiger partial charge in [-0.1, -0.05) is 18.6 Å². The average Bonchev–Trinajstić information content (AvgIpc) is 2.54. The maximum absolute atomic E-state index is 12.4. The van der Waals surface area contributed by atoms with Gasteiger partial charge in [0.2, 0.25) is 5.91 Å². The van der Waals surface area contributed by atoms with Gasteiger partial charge < -0.3 is 19.7 Å². The molecule has 1 atom stereocenters. The number of ether oxygens (including phenoxy) is 2. The molecule has 1 aromatic rings. The number of nitrogens with zero attached hydrogens (tertiary/aromatic N) is 1. The Morgan fingerprint density at radius 1 is 1.33 bits per heavy atom. The van der Waals surface area contributed by atoms with Crippen LogP contribution in [0.25, 0.3) is 0 Å². The minimum absolute atomic E-state index is 0.0552. The smallest absolute Gasteiger partial charge is 0.239 e. The van der Waals surface area contributed by atoms with Crippen molar-refractivity contribution in [2.75, 3.05) is 27.8 Å². The summed E-state index contributed by atoms with van der Waals surface area (Å²) in [5.74, 6) is 1.52. The maximum Gasteiger partial charge on any atom is 0.239 e. The quantitative estimate of drug-likeness (QED) is 0.899. The summed E-state index contributed by atoms with van der Waals surface area (Å²) < 4.78 is 10.7. The number of likely N-dealkylation sites (N-methyl/N-ethyl adjacent to an activating group) is 1. The molecule has 116 valence electrons. The highest BCUT2D eigenvalue weighted by atomic mass is 16.5. The highest BCUT2D eigenvalue weighted by Crippen LogP contribution is 2.31. The lowest BCUT2D eigenvalue weighted by molar-refractivity contribution is -0.133. The molecule has 0 aliphatic carbocycles. The molecular formula is C16H24N2O3. The molecule has 0 bridgehead atoms. The number of carbonyl (C=O) groups excluding carboxylic acids is 1. The van der Waals surface area contributed by atoms with Crippen molar-refractivity contribution >= 4 is 5.91 Å². The summed E-state index contributed by atoms with van der Waals surface area (Å²) in [4.78, 5) is 14.2. The standard InChI is InChI=1S/C16H24N2O3/c1-18(16(19)13-8-4-5-10-17-13)11-12-7-6-9-14(20-2)15(12)21-3/h6-7,9,13,17H,4-5,8,10-11H2,1-3H3. The Hall–Kier alpha value is -1.75. The normalized spacial score (nSPS) is 18.1. The number of piperidine rings is 1. The molecule has 1 fully saturated rings. The van der Waals surface area contributed by atoms with Gasteiger partial charge in [-0.3, -0.25) is 4.79 Å². The van der Waals surface area contributed by atoms with Gasteiger partial charge in [0, 0.05) is 19.2 Å². The highest BCUT2D eigenvalue weighted by Gasteiger charge is 2.24. The van der Waals surface area contributed by atoms with Crippen molar-refractivity contribution in [3.8, 4) is 11.5 Å². The van der Waals surface area contributed by atoms with Crippen molar-refractivity contribution < 1.29 is 14.3 Å². The Labute approximate surface area is 126 Å². The minimum Gasteiger partial charge on any atom is -0.493 e. The Bertz CT molecular complexity index is 484. The van der Waals surface area contributed by atoms with Crippen LogP contribution in [0.4, 0.5) is 0 Å². The fourth-order valence-corrected chi connectivity index (χ4v) is 2.74. The molecule has 5 nitrogen and oxygen atoms in total. The van der Waals surface area contributed by atoms with Crippen molar-refractivity contribution in [2.24, 2.45) is 0 Å². The first kappa shape index (κ1) is 15.6. The Morgan fingerprint density at radius 2 is 2.14 bits per heavy atom. The molecular weight excluding hydrogens is 268 g/mol. The van der Waals surface area contributed by atoms with E-state index in [9.17, 15) is 4.79 Å². The third-order valence-electron chi connectivity index (χ3n) is 3.88. The van der Waals surface area contributed by atoms with Crippen molar-refractivity contribution in [2.45, 2.75) is 31.8 Å². The zero-order valence-electron chi connectivity index (χ0n) is 13.0. The molecule has 5 heteroatoms. The predicted molar refractivity (Wildman–Crippen MR) is 81.7 cm³/mol. The van der Waals surface area contributed by atoms with Crippen LogP contribution < -0.4 is 14.8 Å². The molecule has 2 rings (SSSR count). The molecule has 0 aromatic heterocycles. The monoisotopic (exact) mass is 292 g/mol. The largest absolute Gasteiger partial charge is 0.493 e. The number of rotatable bonds is 5. The Morgan fingerprint density at radius 3 is 2.76 bits per heavy atom. The molecule has 1 unspecified atom stereocenters. The predicted octanol–water partition coefficient (Wildman–Crippen LogP) is 1.80. The van der Waals surface area contributed by atoms with E-state index in [1.807, 2.05) is 25.2 Å². The maximum atomic E-state index is 12.4. The van der Waals surface area contributed by atoms with Crippen molar-refractivity contribution in [1.82, 2.24) is 10.2 Å². The third kappa shape index (κ3) is 3.67. The first-order valence-electron chi connectivity index (χ1n) is 7.35. The van der Waals surface area contributed by atoms with Crippen LogP contribution >= 0.6 is 0 Å². The molecule has 1 aliphatic heterocycles. The summed E-state index contributed by atoms with van der Waals surface area (Å²) >= 11 is 0. The van der Waals surface area contributed by atoms with E-state index in [-0.39, 0.29) is 11.9 Å². The summed E-state index contributed by atoms with van der Waals surface area (Å²) in [5.41, 5.74) is 0.948. The number of benzene rings is 1. The second kappa shape index (κ2) is 7.31. The van der Waals surface area contributed by atoms with E-state index in [0.29, 0.717) is 18.0 Å². The number of para-hydroxylation sites is 1. The van der Waals surface area contributed by atoms with Crippen molar-refractivity contribution in [1.29, 1.82) is 0 Å². The van der Waals surface area contributed by atoms with Gasteiger partial charge in [-0.2, -0.15) is 0 Å². The highest BCUT2D eigenvalue weighted by molar-refractivity contribution is 5.81. The van der Waals surface area contributed by atoms with E-state index in [1.165, 1.54) is 0 Å². The van der Waals surface area contributed by atoms with Gasteiger partial charge in [-0.05, 0) is 25.5 Å². The molecule has 0 saturated carbocycles. The van der Waals surface area contributed by atoms with Crippen LogP contribution in [0.15, 0.2) is 18.2 Å². The summed E-state index contributed by atoms with van der Waals surface area (Å²) in [5, 5.41) is 3.29. The lowest BCUT2D eigenvalue weighted by atomic mass is 10.0. The third-order valence-corrected chi connectivity index (χ3v) is 3.88. The molecule has 1 aliphatic rings. The van der Waals surface area contributed by atoms with E-state index in [2.05, 4.69) is 5.32 Å². The molecule has 1 N–H and O–H groups in total. The van der Waals surface area contributed by atoms with Crippen LogP contribution in [0, 0.1) is 0 Å². The molecule has 0 radical (unpaired) electrons. The van der Waals surface area contributed by atoms with Crippen molar-refractivity contribution in [3.63, 3.8) is 0 Å². The summed E-state index contributed by atoms with van der Waals surface area (Å²) in [7, 11) is 5.06. The Kier molecular flexibility index (Phi) is 5.44. The molecule has 1 aromatic carbocycles. The number of amides is 1. The topological polar surface area (TPSA) is 50.8 Å². The number of nitrogens with one attached hydrogen (secondary N) is 1. The van der Waals surface area contributed by atoms with Gasteiger partial charge in [0.1, 0.15) is 0 Å². The summed E-state index contributed by atoms with van der Waals surface area (Å²) in [6, 6.07) is 5.67. The molecule has 21 heavy (non-hydrogen) atoms. The van der Waals surface area contributed by atoms with Crippen LogP contribution in [0.2, 0.25) is 0 Å². The molecule has 1 heterocycles. The van der Waals surface area contributed by atoms with Gasteiger partial charge in [0.05, 0.1) is 20.3 Å². The summed E-state index contributed by atoms with van der Waals surface area (Å²) in [6.07, 6.45) is 3.18. The number of methoxy groups -OCH3 is 2. The zero-order valence-corrected chi connectivity index (χ0v) is 13.0. The lowest BCUT2D eigenvalue weighted by Crippen LogP contribution is -2.47. The van der Waals surface area contributed by atoms with E-state index in [1.54, 1.807) is 19.1 Å². The number of carbonyl (C=O) groups is 1. The van der Waals surface area contributed by atoms with Gasteiger partial charge >= 0.3 is 0 Å². The molecule has 1 amide bonds. The molecule has 1 saturated heterocycles. The van der Waals surface area contributed by atoms with Gasteiger partial charge in [0.15, 0.2) is 11.5 Å². The number of hydrogen-bond acceptors (Lipinski definition) is 4. The van der Waals surface area contributed by atoms with Crippen molar-refractivity contribution in [3.05, 3.63) is 23.8 Å². The second-order valence-electron chi connectivity index (χ2n) is 5.35. The van der Waals surface area contributed by atoms with Crippen LogP contribution in [0.3, 0.4) is 0 Å². The van der Waals surface area contributed by atoms with Gasteiger partial charge in [-0.25, -0.2) is 0 Å². The van der Waals surface area contributed by atoms with Gasteiger partial charge in [-0.15, -0.1) is 0 Å². The van der Waals surface area contributed by atoms with Gasteiger partial charge in [0.25, 0.3) is 0 Å². The SMILES string of the molecule is COc1cccc(CN(C)C(=O)C2CCCCN2)c1OC. The Balaban J connectivity index is 2.08. The lowest BCUT2D eigenvalue weighted by Gasteiger charge is -2.28. The first-order valence-corrected chi connectivity index (χ1v) is 7.35.